The van der Waals surface area contributed by atoms with Gasteiger partial charge in [-0.05, 0) is 13.8 Å². The van der Waals surface area contributed by atoms with E-state index in [-0.39, 0.29) is 0 Å². The Balaban J connectivity index is 2.66. The Morgan fingerprint density at radius 2 is 2.45 bits per heavy atom. The molecule has 0 unspecified atom stereocenters. The number of rotatable bonds is 3. The summed E-state index contributed by atoms with van der Waals surface area (Å²) in [6.07, 6.45) is 1.82. The van der Waals surface area contributed by atoms with Gasteiger partial charge in [0.05, 0.1) is 6.20 Å². The third-order valence-corrected chi connectivity index (χ3v) is 1.32. The van der Waals surface area contributed by atoms with Crippen LogP contribution in [0, 0.1) is 0 Å². The van der Waals surface area contributed by atoms with E-state index < -0.39 is 0 Å². The molecule has 62 valence electrons. The van der Waals surface area contributed by atoms with Crippen LogP contribution in [-0.2, 0) is 11.4 Å². The van der Waals surface area contributed by atoms with Gasteiger partial charge in [0, 0.05) is 6.04 Å². The summed E-state index contributed by atoms with van der Waals surface area (Å²) in [6, 6.07) is 0.328. The standard InChI is InChI=1S/C6H12N4O/c1-5(2)10-3-6(4-11-7)8-9-10/h3,5H,4,7H2,1-2H3. The van der Waals surface area contributed by atoms with Crippen molar-refractivity contribution in [1.29, 1.82) is 0 Å². The molecule has 0 aromatic carbocycles. The average molecular weight is 156 g/mol. The maximum Gasteiger partial charge on any atom is 0.113 e. The predicted octanol–water partition coefficient (Wildman–Crippen LogP) is 0.249. The lowest BCUT2D eigenvalue weighted by atomic mass is 10.4. The van der Waals surface area contributed by atoms with Crippen LogP contribution in [0.4, 0.5) is 0 Å². The van der Waals surface area contributed by atoms with Crippen molar-refractivity contribution in [2.24, 2.45) is 5.90 Å². The second-order valence-electron chi connectivity index (χ2n) is 2.59. The van der Waals surface area contributed by atoms with Gasteiger partial charge in [-0.2, -0.15) is 0 Å². The first kappa shape index (κ1) is 8.16. The van der Waals surface area contributed by atoms with Crippen molar-refractivity contribution in [3.8, 4) is 0 Å². The number of aromatic nitrogens is 3. The molecule has 0 aliphatic carbocycles. The monoisotopic (exact) mass is 156 g/mol. The Labute approximate surface area is 65.1 Å². The summed E-state index contributed by atoms with van der Waals surface area (Å²) in [6.45, 7) is 4.37. The zero-order valence-electron chi connectivity index (χ0n) is 6.69. The van der Waals surface area contributed by atoms with Crippen molar-refractivity contribution >= 4 is 0 Å². The third-order valence-electron chi connectivity index (χ3n) is 1.32. The van der Waals surface area contributed by atoms with Gasteiger partial charge in [0.15, 0.2) is 0 Å². The van der Waals surface area contributed by atoms with Crippen molar-refractivity contribution in [3.05, 3.63) is 11.9 Å². The lowest BCUT2D eigenvalue weighted by Gasteiger charge is -2.00. The first-order valence-corrected chi connectivity index (χ1v) is 3.46. The third kappa shape index (κ3) is 1.99. The molecule has 1 aromatic rings. The molecule has 0 amide bonds. The molecule has 11 heavy (non-hydrogen) atoms. The van der Waals surface area contributed by atoms with Crippen LogP contribution in [0.3, 0.4) is 0 Å². The quantitative estimate of drug-likeness (QED) is 0.637. The summed E-state index contributed by atoms with van der Waals surface area (Å²) in [5.74, 6) is 4.87. The van der Waals surface area contributed by atoms with Crippen LogP contribution in [0.15, 0.2) is 6.20 Å². The molecule has 5 nitrogen and oxygen atoms in total. The molecular formula is C6H12N4O. The minimum atomic E-state index is 0.312. The molecule has 0 bridgehead atoms. The highest BCUT2D eigenvalue weighted by Gasteiger charge is 2.01. The molecule has 0 radical (unpaired) electrons. The maximum atomic E-state index is 4.87. The van der Waals surface area contributed by atoms with Crippen molar-refractivity contribution in [3.63, 3.8) is 0 Å². The fraction of sp³-hybridized carbons (Fsp3) is 0.667. The van der Waals surface area contributed by atoms with E-state index in [2.05, 4.69) is 15.1 Å². The van der Waals surface area contributed by atoms with Gasteiger partial charge >= 0.3 is 0 Å². The summed E-state index contributed by atoms with van der Waals surface area (Å²) in [5, 5.41) is 7.70. The molecule has 0 aliphatic heterocycles. The van der Waals surface area contributed by atoms with Crippen LogP contribution in [0.25, 0.3) is 0 Å². The molecule has 1 aromatic heterocycles. The largest absolute Gasteiger partial charge is 0.298 e. The van der Waals surface area contributed by atoms with Crippen LogP contribution in [0.1, 0.15) is 25.6 Å². The van der Waals surface area contributed by atoms with Crippen molar-refractivity contribution in [2.45, 2.75) is 26.5 Å². The van der Waals surface area contributed by atoms with Gasteiger partial charge < -0.3 is 0 Å². The lowest BCUT2D eigenvalue weighted by molar-refractivity contribution is 0.121. The molecule has 0 saturated carbocycles. The van der Waals surface area contributed by atoms with E-state index in [1.165, 1.54) is 0 Å². The smallest absolute Gasteiger partial charge is 0.113 e. The zero-order valence-corrected chi connectivity index (χ0v) is 6.69. The second-order valence-corrected chi connectivity index (χ2v) is 2.59. The van der Waals surface area contributed by atoms with E-state index in [9.17, 15) is 0 Å². The molecular weight excluding hydrogens is 144 g/mol. The van der Waals surface area contributed by atoms with Gasteiger partial charge in [0.25, 0.3) is 0 Å². The number of hydrogen-bond acceptors (Lipinski definition) is 4. The number of hydrogen-bond donors (Lipinski definition) is 1. The average Bonchev–Trinajstić information content (AvgIpc) is 2.37. The normalized spacial score (nSPS) is 10.9. The van der Waals surface area contributed by atoms with E-state index in [0.29, 0.717) is 12.6 Å². The fourth-order valence-electron chi connectivity index (χ4n) is 0.717. The summed E-state index contributed by atoms with van der Waals surface area (Å²) in [4.78, 5) is 4.41. The van der Waals surface area contributed by atoms with Crippen LogP contribution >= 0.6 is 0 Å². The lowest BCUT2D eigenvalue weighted by Crippen LogP contribution is -2.00. The molecule has 0 saturated heterocycles. The molecule has 0 atom stereocenters. The Bertz CT molecular complexity index is 220. The first-order valence-electron chi connectivity index (χ1n) is 3.46. The Kier molecular flexibility index (Phi) is 2.56. The van der Waals surface area contributed by atoms with Gasteiger partial charge in [-0.15, -0.1) is 5.10 Å². The molecule has 1 heterocycles. The first-order chi connectivity index (χ1) is 5.24. The van der Waals surface area contributed by atoms with Crippen LogP contribution < -0.4 is 5.90 Å². The molecule has 1 rings (SSSR count). The molecule has 0 spiro atoms. The molecule has 0 aliphatic rings. The van der Waals surface area contributed by atoms with E-state index >= 15 is 0 Å². The summed E-state index contributed by atoms with van der Waals surface area (Å²) in [7, 11) is 0. The summed E-state index contributed by atoms with van der Waals surface area (Å²) < 4.78 is 1.76. The highest BCUT2D eigenvalue weighted by molar-refractivity contribution is 4.90. The second kappa shape index (κ2) is 3.45. The van der Waals surface area contributed by atoms with Crippen molar-refractivity contribution < 1.29 is 4.84 Å². The van der Waals surface area contributed by atoms with Gasteiger partial charge in [0.1, 0.15) is 12.3 Å². The van der Waals surface area contributed by atoms with Crippen molar-refractivity contribution in [2.75, 3.05) is 0 Å². The van der Waals surface area contributed by atoms with Gasteiger partial charge in [-0.3, -0.25) is 4.84 Å². The van der Waals surface area contributed by atoms with Gasteiger partial charge in [-0.1, -0.05) is 5.21 Å². The minimum absolute atomic E-state index is 0.312. The van der Waals surface area contributed by atoms with E-state index in [4.69, 9.17) is 5.90 Å². The van der Waals surface area contributed by atoms with Crippen LogP contribution in [0.2, 0.25) is 0 Å². The molecule has 5 heteroatoms. The van der Waals surface area contributed by atoms with Crippen LogP contribution in [-0.4, -0.2) is 15.0 Å². The van der Waals surface area contributed by atoms with Gasteiger partial charge in [-0.25, -0.2) is 10.6 Å². The van der Waals surface area contributed by atoms with E-state index in [1.807, 2.05) is 20.0 Å². The summed E-state index contributed by atoms with van der Waals surface area (Å²) >= 11 is 0. The molecule has 0 fully saturated rings. The number of nitrogens with zero attached hydrogens (tertiary/aromatic N) is 3. The highest BCUT2D eigenvalue weighted by atomic mass is 16.6. The summed E-state index contributed by atoms with van der Waals surface area (Å²) in [5.41, 5.74) is 0.751. The Morgan fingerprint density at radius 3 is 2.91 bits per heavy atom. The molecule has 2 N–H and O–H groups in total. The highest BCUT2D eigenvalue weighted by Crippen LogP contribution is 2.02. The maximum absolute atomic E-state index is 4.87. The van der Waals surface area contributed by atoms with E-state index in [1.54, 1.807) is 4.68 Å². The zero-order chi connectivity index (χ0) is 8.27. The number of nitrogens with two attached hydrogens (primary N) is 1. The van der Waals surface area contributed by atoms with E-state index in [0.717, 1.165) is 5.69 Å². The topological polar surface area (TPSA) is 66.0 Å². The fourth-order valence-corrected chi connectivity index (χ4v) is 0.717. The predicted molar refractivity (Wildman–Crippen MR) is 39.4 cm³/mol. The van der Waals surface area contributed by atoms with Gasteiger partial charge in [0.2, 0.25) is 0 Å². The Morgan fingerprint density at radius 1 is 1.73 bits per heavy atom. The van der Waals surface area contributed by atoms with Crippen LogP contribution in [0.5, 0.6) is 0 Å². The minimum Gasteiger partial charge on any atom is -0.298 e. The SMILES string of the molecule is CC(C)n1cc(CON)nn1. The van der Waals surface area contributed by atoms with Crippen molar-refractivity contribution in [1.82, 2.24) is 15.0 Å². The Hall–Kier alpha value is -0.940.